The predicted molar refractivity (Wildman–Crippen MR) is 89.2 cm³/mol. The minimum Gasteiger partial charge on any atom is -0.494 e. The lowest BCUT2D eigenvalue weighted by atomic mass is 10.2. The summed E-state index contributed by atoms with van der Waals surface area (Å²) in [5.41, 5.74) is 0.842. The Bertz CT molecular complexity index is 513. The van der Waals surface area contributed by atoms with Gasteiger partial charge in [0, 0.05) is 6.08 Å². The highest BCUT2D eigenvalue weighted by atomic mass is 32.2. The zero-order valence-electron chi connectivity index (χ0n) is 12.7. The molecule has 2 N–H and O–H groups in total. The van der Waals surface area contributed by atoms with Crippen molar-refractivity contribution < 1.29 is 19.4 Å². The van der Waals surface area contributed by atoms with E-state index in [1.165, 1.54) is 6.08 Å². The molecule has 1 atom stereocenters. The van der Waals surface area contributed by atoms with Crippen LogP contribution in [0.4, 0.5) is 0 Å². The van der Waals surface area contributed by atoms with Crippen LogP contribution in [0.5, 0.6) is 5.75 Å². The second-order valence-corrected chi connectivity index (χ2v) is 5.50. The zero-order valence-corrected chi connectivity index (χ0v) is 13.6. The summed E-state index contributed by atoms with van der Waals surface area (Å²) in [5.74, 6) is 0.0196. The smallest absolute Gasteiger partial charge is 0.326 e. The molecule has 0 heterocycles. The van der Waals surface area contributed by atoms with Gasteiger partial charge in [0.2, 0.25) is 5.91 Å². The van der Waals surface area contributed by atoms with E-state index >= 15 is 0 Å². The summed E-state index contributed by atoms with van der Waals surface area (Å²) in [4.78, 5) is 22.8. The van der Waals surface area contributed by atoms with E-state index in [0.29, 0.717) is 18.8 Å². The van der Waals surface area contributed by atoms with E-state index in [9.17, 15) is 9.59 Å². The Morgan fingerprint density at radius 2 is 2.05 bits per heavy atom. The summed E-state index contributed by atoms with van der Waals surface area (Å²) in [6.07, 6.45) is 5.27. The fraction of sp³-hybridized carbons (Fsp3) is 0.375. The Hall–Kier alpha value is -1.95. The van der Waals surface area contributed by atoms with Crippen LogP contribution in [0.2, 0.25) is 0 Å². The molecule has 0 aromatic heterocycles. The summed E-state index contributed by atoms with van der Waals surface area (Å²) in [6, 6.07) is 6.44. The molecular weight excluding hydrogens is 302 g/mol. The molecule has 1 rings (SSSR count). The molecule has 1 amide bonds. The van der Waals surface area contributed by atoms with Gasteiger partial charge in [-0.05, 0) is 49.1 Å². The number of hydrogen-bond donors (Lipinski definition) is 2. The van der Waals surface area contributed by atoms with Gasteiger partial charge in [-0.1, -0.05) is 12.1 Å². The van der Waals surface area contributed by atoms with E-state index in [4.69, 9.17) is 9.84 Å². The summed E-state index contributed by atoms with van der Waals surface area (Å²) < 4.78 is 5.33. The molecule has 6 heteroatoms. The summed E-state index contributed by atoms with van der Waals surface area (Å²) in [6.45, 7) is 2.51. The SMILES string of the molecule is CCOc1ccc(/C=C/C(=O)NC(CCSC)C(=O)O)cc1. The van der Waals surface area contributed by atoms with Gasteiger partial charge in [-0.25, -0.2) is 4.79 Å². The van der Waals surface area contributed by atoms with Crippen LogP contribution in [0.1, 0.15) is 18.9 Å². The Labute approximate surface area is 134 Å². The minimum atomic E-state index is -1.02. The molecule has 0 saturated carbocycles. The number of carboxylic acid groups (broad SMARTS) is 1. The van der Waals surface area contributed by atoms with Crippen LogP contribution in [0, 0.1) is 0 Å². The first-order chi connectivity index (χ1) is 10.6. The third-order valence-electron chi connectivity index (χ3n) is 2.84. The molecular formula is C16H21NO4S. The van der Waals surface area contributed by atoms with Crippen molar-refractivity contribution in [3.8, 4) is 5.75 Å². The van der Waals surface area contributed by atoms with Gasteiger partial charge < -0.3 is 15.2 Å². The van der Waals surface area contributed by atoms with Crippen molar-refractivity contribution in [1.29, 1.82) is 0 Å². The van der Waals surface area contributed by atoms with Crippen molar-refractivity contribution in [1.82, 2.24) is 5.32 Å². The number of carbonyl (C=O) groups is 2. The monoisotopic (exact) mass is 323 g/mol. The number of nitrogens with one attached hydrogen (secondary N) is 1. The van der Waals surface area contributed by atoms with E-state index < -0.39 is 17.9 Å². The van der Waals surface area contributed by atoms with Gasteiger partial charge in [0.15, 0.2) is 0 Å². The molecule has 1 aromatic carbocycles. The predicted octanol–water partition coefficient (Wildman–Crippen LogP) is 2.42. The first kappa shape index (κ1) is 18.1. The molecule has 22 heavy (non-hydrogen) atoms. The largest absolute Gasteiger partial charge is 0.494 e. The summed E-state index contributed by atoms with van der Waals surface area (Å²) in [7, 11) is 0. The molecule has 0 radical (unpaired) electrons. The standard InChI is InChI=1S/C16H21NO4S/c1-3-21-13-7-4-12(5-8-13)6-9-15(18)17-14(16(19)20)10-11-22-2/h4-9,14H,3,10-11H2,1-2H3,(H,17,18)(H,19,20)/b9-6+. The lowest BCUT2D eigenvalue weighted by Gasteiger charge is -2.12. The van der Waals surface area contributed by atoms with E-state index in [2.05, 4.69) is 5.32 Å². The molecule has 0 bridgehead atoms. The summed E-state index contributed by atoms with van der Waals surface area (Å²) in [5, 5.41) is 11.5. The van der Waals surface area contributed by atoms with Crippen LogP contribution in [-0.2, 0) is 9.59 Å². The quantitative estimate of drug-likeness (QED) is 0.683. The van der Waals surface area contributed by atoms with Gasteiger partial charge in [0.25, 0.3) is 0 Å². The molecule has 1 unspecified atom stereocenters. The third kappa shape index (κ3) is 6.67. The maximum Gasteiger partial charge on any atom is 0.326 e. The summed E-state index contributed by atoms with van der Waals surface area (Å²) >= 11 is 1.55. The van der Waals surface area contributed by atoms with Crippen molar-refractivity contribution in [3.63, 3.8) is 0 Å². The minimum absolute atomic E-state index is 0.402. The normalized spacial score (nSPS) is 12.1. The van der Waals surface area contributed by atoms with Gasteiger partial charge in [0.1, 0.15) is 11.8 Å². The van der Waals surface area contributed by atoms with Crippen molar-refractivity contribution in [2.75, 3.05) is 18.6 Å². The Morgan fingerprint density at radius 1 is 1.36 bits per heavy atom. The van der Waals surface area contributed by atoms with Crippen molar-refractivity contribution in [2.45, 2.75) is 19.4 Å². The highest BCUT2D eigenvalue weighted by Crippen LogP contribution is 2.13. The Morgan fingerprint density at radius 3 is 2.59 bits per heavy atom. The first-order valence-corrected chi connectivity index (χ1v) is 8.39. The number of carbonyl (C=O) groups excluding carboxylic acids is 1. The van der Waals surface area contributed by atoms with Crippen LogP contribution in [0.25, 0.3) is 6.08 Å². The van der Waals surface area contributed by atoms with Gasteiger partial charge in [-0.3, -0.25) is 4.79 Å². The molecule has 0 fully saturated rings. The van der Waals surface area contributed by atoms with Crippen molar-refractivity contribution in [2.24, 2.45) is 0 Å². The molecule has 0 saturated heterocycles. The number of aliphatic carboxylic acids is 1. The fourth-order valence-corrected chi connectivity index (χ4v) is 2.20. The molecule has 0 aliphatic rings. The maximum absolute atomic E-state index is 11.8. The number of hydrogen-bond acceptors (Lipinski definition) is 4. The molecule has 1 aromatic rings. The highest BCUT2D eigenvalue weighted by molar-refractivity contribution is 7.98. The van der Waals surface area contributed by atoms with Gasteiger partial charge >= 0.3 is 5.97 Å². The topological polar surface area (TPSA) is 75.6 Å². The van der Waals surface area contributed by atoms with E-state index in [-0.39, 0.29) is 0 Å². The number of rotatable bonds is 9. The molecule has 0 aliphatic heterocycles. The van der Waals surface area contributed by atoms with Crippen LogP contribution in [-0.4, -0.2) is 41.6 Å². The van der Waals surface area contributed by atoms with Crippen LogP contribution < -0.4 is 10.1 Å². The second kappa shape index (κ2) is 9.89. The second-order valence-electron chi connectivity index (χ2n) is 4.52. The fourth-order valence-electron chi connectivity index (χ4n) is 1.73. The number of amides is 1. The van der Waals surface area contributed by atoms with E-state index in [1.807, 2.05) is 37.4 Å². The highest BCUT2D eigenvalue weighted by Gasteiger charge is 2.17. The molecule has 0 spiro atoms. The average molecular weight is 323 g/mol. The number of carboxylic acids is 1. The van der Waals surface area contributed by atoms with Crippen LogP contribution in [0.15, 0.2) is 30.3 Å². The lowest BCUT2D eigenvalue weighted by molar-refractivity contribution is -0.141. The van der Waals surface area contributed by atoms with E-state index in [1.54, 1.807) is 17.8 Å². The van der Waals surface area contributed by atoms with Gasteiger partial charge in [-0.15, -0.1) is 0 Å². The Kier molecular flexibility index (Phi) is 8.14. The first-order valence-electron chi connectivity index (χ1n) is 7.00. The lowest BCUT2D eigenvalue weighted by Crippen LogP contribution is -2.40. The Balaban J connectivity index is 2.56. The third-order valence-corrected chi connectivity index (χ3v) is 3.49. The average Bonchev–Trinajstić information content (AvgIpc) is 2.50. The zero-order chi connectivity index (χ0) is 16.4. The van der Waals surface area contributed by atoms with Crippen molar-refractivity contribution >= 4 is 29.7 Å². The van der Waals surface area contributed by atoms with Gasteiger partial charge in [0.05, 0.1) is 6.61 Å². The molecule has 0 aliphatic carbocycles. The number of thioether (sulfide) groups is 1. The van der Waals surface area contributed by atoms with Crippen LogP contribution in [0.3, 0.4) is 0 Å². The maximum atomic E-state index is 11.8. The van der Waals surface area contributed by atoms with Crippen molar-refractivity contribution in [3.05, 3.63) is 35.9 Å². The number of ether oxygens (including phenoxy) is 1. The number of benzene rings is 1. The van der Waals surface area contributed by atoms with Crippen LogP contribution >= 0.6 is 11.8 Å². The van der Waals surface area contributed by atoms with Gasteiger partial charge in [-0.2, -0.15) is 11.8 Å². The molecule has 5 nitrogen and oxygen atoms in total. The van der Waals surface area contributed by atoms with E-state index in [0.717, 1.165) is 11.3 Å². The molecule has 120 valence electrons.